The van der Waals surface area contributed by atoms with E-state index in [0.29, 0.717) is 13.2 Å². The Bertz CT molecular complexity index is 861. The molecular weight excluding hydrogens is 394 g/mol. The van der Waals surface area contributed by atoms with Crippen LogP contribution >= 0.6 is 0 Å². The van der Waals surface area contributed by atoms with Crippen molar-refractivity contribution in [1.82, 2.24) is 4.90 Å². The summed E-state index contributed by atoms with van der Waals surface area (Å²) in [4.78, 5) is 2.32. The van der Waals surface area contributed by atoms with Crippen molar-refractivity contribution in [2.75, 3.05) is 13.2 Å². The summed E-state index contributed by atoms with van der Waals surface area (Å²) in [6, 6.07) is 20.1. The molecule has 6 atom stereocenters. The summed E-state index contributed by atoms with van der Waals surface area (Å²) in [5, 5.41) is 0. The molecule has 166 valence electrons. The summed E-state index contributed by atoms with van der Waals surface area (Å²) in [5.74, 6) is 0. The van der Waals surface area contributed by atoms with Gasteiger partial charge in [-0.1, -0.05) is 67.6 Å². The normalized spacial score (nSPS) is 34.8. The molecule has 0 bridgehead atoms. The second-order valence-electron chi connectivity index (χ2n) is 8.82. The Morgan fingerprint density at radius 1 is 0.968 bits per heavy atom. The lowest BCUT2D eigenvalue weighted by Crippen LogP contribution is -2.63. The highest BCUT2D eigenvalue weighted by molar-refractivity contribution is 5.17. The molecule has 2 aromatic carbocycles. The Balaban J connectivity index is 1.38. The van der Waals surface area contributed by atoms with E-state index < -0.39 is 18.3 Å². The topological polar surface area (TPSA) is 49.4 Å². The smallest absolute Gasteiger partial charge is 0.184 e. The predicted molar refractivity (Wildman–Crippen MR) is 115 cm³/mol. The highest BCUT2D eigenvalue weighted by Crippen LogP contribution is 2.44. The Morgan fingerprint density at radius 2 is 1.68 bits per heavy atom. The van der Waals surface area contributed by atoms with Gasteiger partial charge in [-0.15, -0.1) is 0 Å². The van der Waals surface area contributed by atoms with E-state index in [4.69, 9.17) is 23.7 Å². The van der Waals surface area contributed by atoms with E-state index in [-0.39, 0.29) is 24.4 Å². The lowest BCUT2D eigenvalue weighted by Gasteiger charge is -2.47. The number of hydrogen-bond donors (Lipinski definition) is 0. The number of benzene rings is 2. The highest BCUT2D eigenvalue weighted by Gasteiger charge is 2.60. The number of rotatable bonds is 5. The SMILES string of the molecule is CCN1[C@H]2[C@H](OCc3ccccc3)O[C@@H]3COC(c4ccccc4)O[C@H]3[C@H]2OC1(C)C. The molecule has 0 aliphatic carbocycles. The van der Waals surface area contributed by atoms with Gasteiger partial charge >= 0.3 is 0 Å². The summed E-state index contributed by atoms with van der Waals surface area (Å²) in [6.45, 7) is 8.11. The number of ether oxygens (including phenoxy) is 5. The van der Waals surface area contributed by atoms with Gasteiger partial charge in [0, 0.05) is 5.56 Å². The quantitative estimate of drug-likeness (QED) is 0.725. The zero-order valence-corrected chi connectivity index (χ0v) is 18.3. The molecule has 31 heavy (non-hydrogen) atoms. The van der Waals surface area contributed by atoms with Gasteiger partial charge in [0.1, 0.15) is 24.0 Å². The minimum atomic E-state index is -0.430. The van der Waals surface area contributed by atoms with Crippen LogP contribution in [0.15, 0.2) is 60.7 Å². The summed E-state index contributed by atoms with van der Waals surface area (Å²) >= 11 is 0. The first-order valence-electron chi connectivity index (χ1n) is 11.1. The fraction of sp³-hybridized carbons (Fsp3) is 0.520. The van der Waals surface area contributed by atoms with E-state index >= 15 is 0 Å². The Labute approximate surface area is 184 Å². The van der Waals surface area contributed by atoms with E-state index in [0.717, 1.165) is 17.7 Å². The number of hydrogen-bond acceptors (Lipinski definition) is 6. The lowest BCUT2D eigenvalue weighted by atomic mass is 9.95. The molecule has 1 unspecified atom stereocenters. The van der Waals surface area contributed by atoms with Gasteiger partial charge in [0.25, 0.3) is 0 Å². The van der Waals surface area contributed by atoms with Crippen molar-refractivity contribution in [3.8, 4) is 0 Å². The van der Waals surface area contributed by atoms with Crippen LogP contribution in [-0.2, 0) is 30.3 Å². The van der Waals surface area contributed by atoms with Crippen molar-refractivity contribution in [2.45, 2.75) is 70.0 Å². The zero-order valence-electron chi connectivity index (χ0n) is 18.3. The molecule has 3 fully saturated rings. The molecule has 0 spiro atoms. The zero-order chi connectivity index (χ0) is 21.4. The minimum absolute atomic E-state index is 0.0560. The van der Waals surface area contributed by atoms with Gasteiger partial charge in [0.15, 0.2) is 12.6 Å². The molecule has 0 amide bonds. The molecule has 3 aliphatic heterocycles. The first-order chi connectivity index (χ1) is 15.1. The van der Waals surface area contributed by atoms with E-state index in [2.05, 4.69) is 37.8 Å². The molecule has 0 aromatic heterocycles. The van der Waals surface area contributed by atoms with Crippen LogP contribution in [0.1, 0.15) is 38.2 Å². The standard InChI is InChI=1S/C25H31NO5/c1-4-26-20-22(31-25(26,2)3)21-19(16-28-23(30-21)18-13-9-6-10-14-18)29-24(20)27-15-17-11-7-5-8-12-17/h5-14,19-24H,4,15-16H2,1-3H3/t19-,20-,21-,22+,23?,24-/m1/s1. The Hall–Kier alpha value is -1.80. The molecule has 5 rings (SSSR count). The fourth-order valence-corrected chi connectivity index (χ4v) is 5.04. The maximum atomic E-state index is 6.58. The Kier molecular flexibility index (Phi) is 5.86. The van der Waals surface area contributed by atoms with Gasteiger partial charge in [-0.2, -0.15) is 0 Å². The fourth-order valence-electron chi connectivity index (χ4n) is 5.04. The second kappa shape index (κ2) is 8.62. The predicted octanol–water partition coefficient (Wildman–Crippen LogP) is 3.87. The van der Waals surface area contributed by atoms with Crippen LogP contribution in [0.4, 0.5) is 0 Å². The molecule has 0 N–H and O–H groups in total. The monoisotopic (exact) mass is 425 g/mol. The van der Waals surface area contributed by atoms with Gasteiger partial charge in [-0.3, -0.25) is 4.90 Å². The second-order valence-corrected chi connectivity index (χ2v) is 8.82. The van der Waals surface area contributed by atoms with E-state index in [9.17, 15) is 0 Å². The third-order valence-corrected chi connectivity index (χ3v) is 6.45. The molecule has 3 heterocycles. The number of likely N-dealkylation sites (N-methyl/N-ethyl adjacent to an activating group) is 1. The summed E-state index contributed by atoms with van der Waals surface area (Å²) in [7, 11) is 0. The van der Waals surface area contributed by atoms with E-state index in [1.807, 2.05) is 48.5 Å². The van der Waals surface area contributed by atoms with Gasteiger partial charge in [-0.05, 0) is 26.0 Å². The average Bonchev–Trinajstić information content (AvgIpc) is 3.08. The molecule has 6 heteroatoms. The summed E-state index contributed by atoms with van der Waals surface area (Å²) in [5.41, 5.74) is 1.69. The first kappa shape index (κ1) is 21.1. The third kappa shape index (κ3) is 4.04. The molecule has 0 saturated carbocycles. The van der Waals surface area contributed by atoms with E-state index in [1.165, 1.54) is 0 Å². The van der Waals surface area contributed by atoms with Crippen LogP contribution in [0.3, 0.4) is 0 Å². The first-order valence-corrected chi connectivity index (χ1v) is 11.1. The molecule has 3 aliphatic rings. The van der Waals surface area contributed by atoms with Crippen LogP contribution in [0, 0.1) is 0 Å². The molecule has 2 aromatic rings. The van der Waals surface area contributed by atoms with Crippen molar-refractivity contribution in [2.24, 2.45) is 0 Å². The average molecular weight is 426 g/mol. The van der Waals surface area contributed by atoms with E-state index in [1.54, 1.807) is 0 Å². The van der Waals surface area contributed by atoms with Crippen molar-refractivity contribution < 1.29 is 23.7 Å². The van der Waals surface area contributed by atoms with Crippen LogP contribution in [0.2, 0.25) is 0 Å². The van der Waals surface area contributed by atoms with Crippen LogP contribution < -0.4 is 0 Å². The van der Waals surface area contributed by atoms with Crippen molar-refractivity contribution >= 4 is 0 Å². The molecule has 6 nitrogen and oxygen atoms in total. The lowest BCUT2D eigenvalue weighted by molar-refractivity contribution is -0.344. The van der Waals surface area contributed by atoms with Gasteiger partial charge in [0.2, 0.25) is 0 Å². The molecular formula is C25H31NO5. The largest absolute Gasteiger partial charge is 0.353 e. The third-order valence-electron chi connectivity index (χ3n) is 6.45. The summed E-state index contributed by atoms with van der Waals surface area (Å²) in [6.07, 6.45) is -1.47. The summed E-state index contributed by atoms with van der Waals surface area (Å²) < 4.78 is 31.8. The minimum Gasteiger partial charge on any atom is -0.353 e. The van der Waals surface area contributed by atoms with Crippen molar-refractivity contribution in [3.05, 3.63) is 71.8 Å². The van der Waals surface area contributed by atoms with Crippen molar-refractivity contribution in [1.29, 1.82) is 0 Å². The number of nitrogens with zero attached hydrogens (tertiary/aromatic N) is 1. The molecule has 0 radical (unpaired) electrons. The van der Waals surface area contributed by atoms with Gasteiger partial charge in [-0.25, -0.2) is 0 Å². The van der Waals surface area contributed by atoms with Crippen LogP contribution in [0.5, 0.6) is 0 Å². The molecule has 3 saturated heterocycles. The Morgan fingerprint density at radius 3 is 2.39 bits per heavy atom. The highest BCUT2D eigenvalue weighted by atomic mass is 16.8. The number of fused-ring (bicyclic) bond motifs is 3. The maximum absolute atomic E-state index is 6.58. The maximum Gasteiger partial charge on any atom is 0.184 e. The van der Waals surface area contributed by atoms with Gasteiger partial charge < -0.3 is 23.7 Å². The van der Waals surface area contributed by atoms with Crippen LogP contribution in [0.25, 0.3) is 0 Å². The van der Waals surface area contributed by atoms with Gasteiger partial charge in [0.05, 0.1) is 19.3 Å². The van der Waals surface area contributed by atoms with Crippen LogP contribution in [-0.4, -0.2) is 54.4 Å². The van der Waals surface area contributed by atoms with Crippen molar-refractivity contribution in [3.63, 3.8) is 0 Å².